The van der Waals surface area contributed by atoms with Crippen molar-refractivity contribution in [2.75, 3.05) is 47.5 Å². The molecule has 86 heavy (non-hydrogen) atoms. The van der Waals surface area contributed by atoms with E-state index in [0.29, 0.717) is 17.4 Å². The molecule has 0 fully saturated rings. The molecule has 2 unspecified atom stereocenters. The van der Waals surface area contributed by atoms with E-state index in [1.165, 1.54) is 250 Å². The molecule has 0 aliphatic carbocycles. The highest BCUT2D eigenvalue weighted by molar-refractivity contribution is 7.45. The van der Waals surface area contributed by atoms with Crippen LogP contribution < -0.4 is 4.89 Å². The van der Waals surface area contributed by atoms with Crippen LogP contribution >= 0.6 is 7.82 Å². The van der Waals surface area contributed by atoms with E-state index in [1.807, 2.05) is 21.1 Å². The van der Waals surface area contributed by atoms with Gasteiger partial charge in [0.15, 0.2) is 6.10 Å². The first-order valence-corrected chi connectivity index (χ1v) is 38.1. The molecule has 502 valence electrons. The molecule has 0 rings (SSSR count). The molecular weight excluding hydrogens is 1090 g/mol. The number of esters is 2. The highest BCUT2D eigenvalue weighted by Crippen LogP contribution is 2.38. The van der Waals surface area contributed by atoms with Crippen molar-refractivity contribution < 1.29 is 42.1 Å². The van der Waals surface area contributed by atoms with Crippen LogP contribution in [0.2, 0.25) is 0 Å². The Morgan fingerprint density at radius 2 is 0.663 bits per heavy atom. The summed E-state index contributed by atoms with van der Waals surface area (Å²) in [6.45, 7) is 4.18. The van der Waals surface area contributed by atoms with Crippen molar-refractivity contribution in [2.24, 2.45) is 0 Å². The maximum absolute atomic E-state index is 12.9. The van der Waals surface area contributed by atoms with Crippen LogP contribution in [0.4, 0.5) is 0 Å². The van der Waals surface area contributed by atoms with E-state index in [-0.39, 0.29) is 32.0 Å². The molecule has 0 amide bonds. The molecule has 0 aliphatic rings. The lowest BCUT2D eigenvalue weighted by molar-refractivity contribution is -0.870. The highest BCUT2D eigenvalue weighted by Gasteiger charge is 2.22. The number of unbranched alkanes of at least 4 members (excludes halogenated alkanes) is 42. The zero-order valence-electron chi connectivity index (χ0n) is 57.3. The predicted octanol–water partition coefficient (Wildman–Crippen LogP) is 23.3. The molecule has 0 aromatic rings. The van der Waals surface area contributed by atoms with Gasteiger partial charge in [0.05, 0.1) is 27.7 Å². The standard InChI is InChI=1S/C76H140NO8P/c1-6-8-10-12-14-16-18-20-22-24-26-28-30-32-33-34-35-36-37-38-39-40-41-42-43-45-47-49-51-53-55-57-59-61-63-65-67-69-76(79)85-74(73-84-86(80,81)83-71-70-77(3,4)5)72-82-75(78)68-66-64-62-60-58-56-54-52-50-48-46-44-31-29-27-25-23-21-19-17-15-13-11-9-7-2/h8,10,14,16,20,22,25-28,32-33,74H,6-7,9,11-13,15,17-19,21,23-24,29-31,34-73H2,1-5H3/b10-8-,16-14-,22-20-,27-25-,28-26-,33-32-. The van der Waals surface area contributed by atoms with Gasteiger partial charge in [-0.3, -0.25) is 14.2 Å². The van der Waals surface area contributed by atoms with Gasteiger partial charge in [0.2, 0.25) is 0 Å². The molecule has 0 bridgehead atoms. The van der Waals surface area contributed by atoms with E-state index in [4.69, 9.17) is 18.5 Å². The van der Waals surface area contributed by atoms with Crippen molar-refractivity contribution >= 4 is 19.8 Å². The minimum absolute atomic E-state index is 0.0297. The molecule has 0 saturated carbocycles. The highest BCUT2D eigenvalue weighted by atomic mass is 31.2. The second kappa shape index (κ2) is 66.9. The fourth-order valence-electron chi connectivity index (χ4n) is 10.6. The normalized spacial score (nSPS) is 13.5. The van der Waals surface area contributed by atoms with Crippen LogP contribution in [0.3, 0.4) is 0 Å². The van der Waals surface area contributed by atoms with Crippen molar-refractivity contribution in [1.82, 2.24) is 0 Å². The van der Waals surface area contributed by atoms with Crippen molar-refractivity contribution in [3.63, 3.8) is 0 Å². The molecule has 0 heterocycles. The molecule has 0 aromatic carbocycles. The monoisotopic (exact) mass is 1230 g/mol. The topological polar surface area (TPSA) is 111 Å². The minimum Gasteiger partial charge on any atom is -0.756 e. The van der Waals surface area contributed by atoms with Crippen LogP contribution in [-0.2, 0) is 32.7 Å². The van der Waals surface area contributed by atoms with Crippen molar-refractivity contribution in [3.05, 3.63) is 72.9 Å². The molecule has 0 radical (unpaired) electrons. The first-order valence-electron chi connectivity index (χ1n) is 36.6. The summed E-state index contributed by atoms with van der Waals surface area (Å²) >= 11 is 0. The quantitative estimate of drug-likeness (QED) is 0.0195. The van der Waals surface area contributed by atoms with Crippen LogP contribution in [0.15, 0.2) is 72.9 Å². The number of phosphoric ester groups is 1. The van der Waals surface area contributed by atoms with Gasteiger partial charge < -0.3 is 27.9 Å². The number of carbonyl (C=O) groups is 2. The first kappa shape index (κ1) is 83.5. The summed E-state index contributed by atoms with van der Waals surface area (Å²) in [5.41, 5.74) is 0. The number of nitrogens with zero attached hydrogens (tertiary/aromatic N) is 1. The van der Waals surface area contributed by atoms with E-state index in [2.05, 4.69) is 86.8 Å². The lowest BCUT2D eigenvalue weighted by atomic mass is 10.0. The smallest absolute Gasteiger partial charge is 0.306 e. The molecule has 9 nitrogen and oxygen atoms in total. The molecule has 0 saturated heterocycles. The fraction of sp³-hybridized carbons (Fsp3) is 0.816. The summed E-state index contributed by atoms with van der Waals surface area (Å²) in [4.78, 5) is 38.1. The number of hydrogen-bond acceptors (Lipinski definition) is 8. The third-order valence-corrected chi connectivity index (χ3v) is 17.2. The largest absolute Gasteiger partial charge is 0.756 e. The number of allylic oxidation sites excluding steroid dienone is 12. The first-order chi connectivity index (χ1) is 42.0. The SMILES string of the molecule is CC/C=C\C/C=C\C/C=C\C/C=C\C/C=C\CCCCCCCCCCCCCCCCCCCCCCCC(=O)OC(COC(=O)CCCCCCCCCCCCCCC/C=C\CCCCCCCCCC)COP(=O)([O-])OCC[N+](C)(C)C. The third-order valence-electron chi connectivity index (χ3n) is 16.2. The number of quaternary nitrogens is 1. The predicted molar refractivity (Wildman–Crippen MR) is 370 cm³/mol. The number of phosphoric acid groups is 1. The maximum atomic E-state index is 12.9. The Labute approximate surface area is 533 Å². The Bertz CT molecular complexity index is 1680. The Balaban J connectivity index is 3.96. The zero-order valence-corrected chi connectivity index (χ0v) is 58.2. The Morgan fingerprint density at radius 1 is 0.372 bits per heavy atom. The lowest BCUT2D eigenvalue weighted by Gasteiger charge is -2.28. The van der Waals surface area contributed by atoms with E-state index in [9.17, 15) is 19.0 Å². The van der Waals surface area contributed by atoms with Crippen molar-refractivity contribution in [3.8, 4) is 0 Å². The summed E-state index contributed by atoms with van der Waals surface area (Å²) < 4.78 is 34.4. The molecule has 0 aliphatic heterocycles. The van der Waals surface area contributed by atoms with Gasteiger partial charge in [0.1, 0.15) is 19.8 Å². The van der Waals surface area contributed by atoms with Gasteiger partial charge in [-0.25, -0.2) is 0 Å². The maximum Gasteiger partial charge on any atom is 0.306 e. The van der Waals surface area contributed by atoms with Crippen LogP contribution in [0.1, 0.15) is 348 Å². The van der Waals surface area contributed by atoms with E-state index >= 15 is 0 Å². The lowest BCUT2D eigenvalue weighted by Crippen LogP contribution is -2.37. The summed E-state index contributed by atoms with van der Waals surface area (Å²) in [6, 6.07) is 0. The third kappa shape index (κ3) is 70.5. The second-order valence-corrected chi connectivity index (χ2v) is 27.3. The summed E-state index contributed by atoms with van der Waals surface area (Å²) in [5, 5.41) is 0. The van der Waals surface area contributed by atoms with Gasteiger partial charge in [-0.1, -0.05) is 324 Å². The molecule has 2 atom stereocenters. The van der Waals surface area contributed by atoms with Gasteiger partial charge in [0.25, 0.3) is 7.82 Å². The van der Waals surface area contributed by atoms with Crippen LogP contribution in [0.25, 0.3) is 0 Å². The van der Waals surface area contributed by atoms with Gasteiger partial charge in [-0.15, -0.1) is 0 Å². The van der Waals surface area contributed by atoms with E-state index < -0.39 is 26.5 Å². The molecule has 0 aromatic heterocycles. The Morgan fingerprint density at radius 3 is 1.00 bits per heavy atom. The average Bonchev–Trinajstić information content (AvgIpc) is 3.67. The van der Waals surface area contributed by atoms with Crippen molar-refractivity contribution in [1.29, 1.82) is 0 Å². The minimum atomic E-state index is -4.64. The van der Waals surface area contributed by atoms with Crippen LogP contribution in [0.5, 0.6) is 0 Å². The number of likely N-dealkylation sites (N-methyl/N-ethyl adjacent to an activating group) is 1. The van der Waals surface area contributed by atoms with Crippen molar-refractivity contribution in [2.45, 2.75) is 354 Å². The molecule has 0 spiro atoms. The van der Waals surface area contributed by atoms with Gasteiger partial charge >= 0.3 is 11.9 Å². The number of ether oxygens (including phenoxy) is 2. The summed E-state index contributed by atoms with van der Waals surface area (Å²) in [5.74, 6) is -0.816. The van der Waals surface area contributed by atoms with E-state index in [1.54, 1.807) is 0 Å². The second-order valence-electron chi connectivity index (χ2n) is 25.9. The van der Waals surface area contributed by atoms with Crippen LogP contribution in [-0.4, -0.2) is 70.0 Å². The van der Waals surface area contributed by atoms with Gasteiger partial charge in [0, 0.05) is 12.8 Å². The number of rotatable bonds is 68. The summed E-state index contributed by atoms with van der Waals surface area (Å²) in [6.07, 6.45) is 90.0. The number of carbonyl (C=O) groups excluding carboxylic acids is 2. The van der Waals surface area contributed by atoms with Crippen LogP contribution in [0, 0.1) is 0 Å². The summed E-state index contributed by atoms with van der Waals surface area (Å²) in [7, 11) is 1.18. The molecule has 10 heteroatoms. The zero-order chi connectivity index (χ0) is 62.6. The van der Waals surface area contributed by atoms with Gasteiger partial charge in [-0.2, -0.15) is 0 Å². The Kier molecular flexibility index (Phi) is 64.9. The average molecular weight is 1230 g/mol. The van der Waals surface area contributed by atoms with E-state index in [0.717, 1.165) is 64.2 Å². The number of hydrogen-bond donors (Lipinski definition) is 0. The molecular formula is C76H140NO8P. The molecule has 0 N–H and O–H groups in total. The Hall–Kier alpha value is -2.55. The van der Waals surface area contributed by atoms with Gasteiger partial charge in [-0.05, 0) is 83.5 Å². The fourth-order valence-corrected chi connectivity index (χ4v) is 11.4.